The number of halogens is 2. The van der Waals surface area contributed by atoms with Gasteiger partial charge in [-0.15, -0.1) is 0 Å². The summed E-state index contributed by atoms with van der Waals surface area (Å²) >= 11 is 6.03. The van der Waals surface area contributed by atoms with Gasteiger partial charge in [0.25, 0.3) is 11.8 Å². The van der Waals surface area contributed by atoms with Gasteiger partial charge in [-0.3, -0.25) is 24.0 Å². The fourth-order valence-electron chi connectivity index (χ4n) is 5.13. The van der Waals surface area contributed by atoms with Crippen molar-refractivity contribution in [3.05, 3.63) is 64.4 Å². The van der Waals surface area contributed by atoms with Crippen LogP contribution in [0.15, 0.2) is 42.5 Å². The molecule has 2 fully saturated rings. The lowest BCUT2D eigenvalue weighted by Crippen LogP contribution is -2.57. The average molecular weight is 585 g/mol. The molecule has 0 unspecified atom stereocenters. The molecular weight excluding hydrogens is 555 g/mol. The van der Waals surface area contributed by atoms with Crippen LogP contribution in [0.2, 0.25) is 5.02 Å². The number of hydrogen-bond acceptors (Lipinski definition) is 6. The van der Waals surface area contributed by atoms with Gasteiger partial charge in [-0.25, -0.2) is 4.39 Å². The molecule has 3 N–H and O–H groups in total. The highest BCUT2D eigenvalue weighted by Gasteiger charge is 2.40. The summed E-state index contributed by atoms with van der Waals surface area (Å²) in [5, 5.41) is 8.04. The average Bonchev–Trinajstić information content (AvgIpc) is 3.69. The van der Waals surface area contributed by atoms with E-state index in [4.69, 9.17) is 16.3 Å². The topological polar surface area (TPSA) is 134 Å². The standard InChI is InChI=1S/C29H30ClFN4O6/c30-21-13-19(31)5-8-24(21)41-15-25(36)35-14-18-4-2-1-3-16(18)12-23(35)28(39)34-22(11-17-9-10-32-27(17)38)26(37)29(40)33-20-6-7-20/h1-5,8,13,17,20,22-23H,6-7,9-12,14-15H2,(H,32,38)(H,33,40)(H,34,39)/t17-,22-,23-/m0/s1. The second kappa shape index (κ2) is 12.3. The van der Waals surface area contributed by atoms with Crippen molar-refractivity contribution < 1.29 is 33.1 Å². The molecule has 4 amide bonds. The largest absolute Gasteiger partial charge is 0.482 e. The van der Waals surface area contributed by atoms with E-state index in [1.807, 2.05) is 24.3 Å². The molecular formula is C29H30ClFN4O6. The Hall–Kier alpha value is -3.99. The molecule has 0 aromatic heterocycles. The van der Waals surface area contributed by atoms with Gasteiger partial charge in [0, 0.05) is 31.5 Å². The van der Waals surface area contributed by atoms with Gasteiger partial charge in [0.1, 0.15) is 17.6 Å². The minimum absolute atomic E-state index is 0.00198. The SMILES string of the molecule is O=C(NC1CC1)C(=O)[C@H](C[C@@H]1CCNC1=O)NC(=O)[C@@H]1Cc2ccccc2CN1C(=O)COc1ccc(F)cc1Cl. The quantitative estimate of drug-likeness (QED) is 0.364. The summed E-state index contributed by atoms with van der Waals surface area (Å²) < 4.78 is 19.0. The third-order valence-corrected chi connectivity index (χ3v) is 7.86. The first-order valence-corrected chi connectivity index (χ1v) is 13.9. The lowest BCUT2D eigenvalue weighted by molar-refractivity contribution is -0.145. The Kier molecular flexibility index (Phi) is 8.53. The van der Waals surface area contributed by atoms with Crippen LogP contribution in [0, 0.1) is 11.7 Å². The normalized spacial score (nSPS) is 20.4. The lowest BCUT2D eigenvalue weighted by Gasteiger charge is -2.36. The van der Waals surface area contributed by atoms with Gasteiger partial charge in [0.05, 0.1) is 11.1 Å². The van der Waals surface area contributed by atoms with E-state index >= 15 is 0 Å². The summed E-state index contributed by atoms with van der Waals surface area (Å²) in [5.41, 5.74) is 1.72. The number of amides is 4. The van der Waals surface area contributed by atoms with Crippen LogP contribution in [0.5, 0.6) is 5.75 Å². The predicted molar refractivity (Wildman–Crippen MR) is 145 cm³/mol. The van der Waals surface area contributed by atoms with E-state index in [1.54, 1.807) is 0 Å². The highest BCUT2D eigenvalue weighted by atomic mass is 35.5. The maximum Gasteiger partial charge on any atom is 0.289 e. The third-order valence-electron chi connectivity index (χ3n) is 7.57. The first-order valence-electron chi connectivity index (χ1n) is 13.6. The van der Waals surface area contributed by atoms with Gasteiger partial charge in [-0.1, -0.05) is 35.9 Å². The summed E-state index contributed by atoms with van der Waals surface area (Å²) in [5.74, 6) is -3.98. The van der Waals surface area contributed by atoms with Gasteiger partial charge in [0.2, 0.25) is 17.6 Å². The third kappa shape index (κ3) is 6.84. The maximum atomic E-state index is 13.7. The van der Waals surface area contributed by atoms with Crippen molar-refractivity contribution in [1.82, 2.24) is 20.9 Å². The number of carbonyl (C=O) groups excluding carboxylic acids is 5. The molecule has 0 radical (unpaired) electrons. The predicted octanol–water partition coefficient (Wildman–Crippen LogP) is 1.67. The number of fused-ring (bicyclic) bond motifs is 1. The highest BCUT2D eigenvalue weighted by molar-refractivity contribution is 6.38. The minimum atomic E-state index is -1.24. The Bertz CT molecular complexity index is 1380. The molecule has 216 valence electrons. The van der Waals surface area contributed by atoms with Gasteiger partial charge in [-0.2, -0.15) is 0 Å². The Morgan fingerprint density at radius 1 is 1.10 bits per heavy atom. The fraction of sp³-hybridized carbons (Fsp3) is 0.414. The van der Waals surface area contributed by atoms with E-state index in [2.05, 4.69) is 16.0 Å². The first kappa shape index (κ1) is 28.5. The first-order chi connectivity index (χ1) is 19.7. The van der Waals surface area contributed by atoms with Crippen LogP contribution in [0.4, 0.5) is 4.39 Å². The number of rotatable bonds is 10. The van der Waals surface area contributed by atoms with Gasteiger partial charge in [0.15, 0.2) is 6.61 Å². The number of ketones is 1. The fourth-order valence-corrected chi connectivity index (χ4v) is 5.35. The van der Waals surface area contributed by atoms with Gasteiger partial charge in [-0.05, 0) is 55.0 Å². The molecule has 3 atom stereocenters. The molecule has 1 saturated carbocycles. The Morgan fingerprint density at radius 2 is 1.85 bits per heavy atom. The van der Waals surface area contributed by atoms with Crippen molar-refractivity contribution in [2.45, 2.75) is 56.8 Å². The van der Waals surface area contributed by atoms with Crippen molar-refractivity contribution in [3.63, 3.8) is 0 Å². The zero-order valence-corrected chi connectivity index (χ0v) is 22.9. The molecule has 2 aromatic carbocycles. The second-order valence-electron chi connectivity index (χ2n) is 10.6. The van der Waals surface area contributed by atoms with Crippen LogP contribution in [0.3, 0.4) is 0 Å². The smallest absolute Gasteiger partial charge is 0.289 e. The van der Waals surface area contributed by atoms with Crippen molar-refractivity contribution in [1.29, 1.82) is 0 Å². The van der Waals surface area contributed by atoms with Crippen LogP contribution in [-0.4, -0.2) is 65.6 Å². The Labute approximate surface area is 240 Å². The number of Topliss-reactive ketones (excluding diaryl/α,β-unsaturated/α-hetero) is 1. The number of nitrogens with zero attached hydrogens (tertiary/aromatic N) is 1. The summed E-state index contributed by atoms with van der Waals surface area (Å²) in [7, 11) is 0. The number of carbonyl (C=O) groups is 5. The Balaban J connectivity index is 1.34. The van der Waals surface area contributed by atoms with E-state index in [0.717, 1.165) is 36.1 Å². The zero-order chi connectivity index (χ0) is 29.1. The van der Waals surface area contributed by atoms with E-state index < -0.39 is 53.9 Å². The van der Waals surface area contributed by atoms with Crippen molar-refractivity contribution in [3.8, 4) is 5.75 Å². The van der Waals surface area contributed by atoms with E-state index in [9.17, 15) is 28.4 Å². The molecule has 10 nitrogen and oxygen atoms in total. The lowest BCUT2D eigenvalue weighted by atomic mass is 9.92. The number of nitrogens with one attached hydrogen (secondary N) is 3. The molecule has 3 aliphatic rings. The second-order valence-corrected chi connectivity index (χ2v) is 11.0. The maximum absolute atomic E-state index is 13.7. The van der Waals surface area contributed by atoms with Crippen LogP contribution in [0.25, 0.3) is 0 Å². The molecule has 0 spiro atoms. The number of benzene rings is 2. The summed E-state index contributed by atoms with van der Waals surface area (Å²) in [6.07, 6.45) is 2.19. The van der Waals surface area contributed by atoms with Gasteiger partial charge >= 0.3 is 0 Å². The molecule has 12 heteroatoms. The molecule has 1 aliphatic carbocycles. The highest BCUT2D eigenvalue weighted by Crippen LogP contribution is 2.27. The molecule has 2 aromatic rings. The van der Waals surface area contributed by atoms with Crippen LogP contribution in [-0.2, 0) is 36.9 Å². The Morgan fingerprint density at radius 3 is 2.54 bits per heavy atom. The molecule has 1 saturated heterocycles. The molecule has 5 rings (SSSR count). The number of ether oxygens (including phenoxy) is 1. The van der Waals surface area contributed by atoms with Crippen LogP contribution < -0.4 is 20.7 Å². The van der Waals surface area contributed by atoms with E-state index in [0.29, 0.717) is 13.0 Å². The summed E-state index contributed by atoms with van der Waals surface area (Å²) in [4.78, 5) is 66.5. The monoisotopic (exact) mass is 584 g/mol. The van der Waals surface area contributed by atoms with E-state index in [-0.39, 0.29) is 42.1 Å². The summed E-state index contributed by atoms with van der Waals surface area (Å²) in [6.45, 7) is 0.0947. The van der Waals surface area contributed by atoms with Crippen molar-refractivity contribution in [2.75, 3.05) is 13.2 Å². The van der Waals surface area contributed by atoms with Gasteiger partial charge < -0.3 is 25.6 Å². The molecule has 2 aliphatic heterocycles. The molecule has 41 heavy (non-hydrogen) atoms. The minimum Gasteiger partial charge on any atom is -0.482 e. The number of hydrogen-bond donors (Lipinski definition) is 3. The van der Waals surface area contributed by atoms with E-state index in [1.165, 1.54) is 11.0 Å². The summed E-state index contributed by atoms with van der Waals surface area (Å²) in [6, 6.07) is 8.60. The zero-order valence-electron chi connectivity index (χ0n) is 22.2. The molecule has 2 heterocycles. The van der Waals surface area contributed by atoms with Crippen LogP contribution >= 0.6 is 11.6 Å². The molecule has 0 bridgehead atoms. The van der Waals surface area contributed by atoms with Crippen LogP contribution in [0.1, 0.15) is 36.8 Å². The van der Waals surface area contributed by atoms with Crippen molar-refractivity contribution >= 4 is 41.0 Å². The van der Waals surface area contributed by atoms with Crippen molar-refractivity contribution in [2.24, 2.45) is 5.92 Å².